The maximum atomic E-state index is 13.1. The Kier molecular flexibility index (Phi) is 6.67. The molecule has 31 heavy (non-hydrogen) atoms. The molecular weight excluding hydrogens is 437 g/mol. The van der Waals surface area contributed by atoms with E-state index in [1.165, 1.54) is 23.7 Å². The second-order valence-corrected chi connectivity index (χ2v) is 8.61. The quantitative estimate of drug-likeness (QED) is 0.562. The van der Waals surface area contributed by atoms with Gasteiger partial charge in [-0.05, 0) is 29.8 Å². The summed E-state index contributed by atoms with van der Waals surface area (Å²) in [6.07, 6.45) is 0.530. The lowest BCUT2D eigenvalue weighted by Crippen LogP contribution is -2.51. The Labute approximate surface area is 190 Å². The third-order valence-corrected chi connectivity index (χ3v) is 6.45. The van der Waals surface area contributed by atoms with Crippen LogP contribution in [0.15, 0.2) is 48.5 Å². The highest BCUT2D eigenvalue weighted by molar-refractivity contribution is 7.09. The predicted molar refractivity (Wildman–Crippen MR) is 123 cm³/mol. The van der Waals surface area contributed by atoms with Crippen LogP contribution >= 0.6 is 23.1 Å². The van der Waals surface area contributed by atoms with Crippen molar-refractivity contribution in [1.82, 2.24) is 14.3 Å². The highest BCUT2D eigenvalue weighted by Gasteiger charge is 2.24. The van der Waals surface area contributed by atoms with E-state index in [0.29, 0.717) is 30.5 Å². The first-order chi connectivity index (χ1) is 15.0. The van der Waals surface area contributed by atoms with Crippen molar-refractivity contribution in [2.24, 2.45) is 0 Å². The van der Waals surface area contributed by atoms with Gasteiger partial charge in [-0.25, -0.2) is 9.37 Å². The number of piperazine rings is 1. The smallest absolute Gasteiger partial charge is 0.242 e. The first-order valence-corrected chi connectivity index (χ1v) is 11.2. The normalized spacial score (nSPS) is 14.0. The molecule has 1 saturated heterocycles. The second-order valence-electron chi connectivity index (χ2n) is 7.47. The third kappa shape index (κ3) is 5.32. The molecule has 1 fully saturated rings. The molecule has 0 saturated carbocycles. The van der Waals surface area contributed by atoms with E-state index in [1.54, 1.807) is 12.1 Å². The molecule has 9 heteroatoms. The molecule has 0 N–H and O–H groups in total. The van der Waals surface area contributed by atoms with E-state index in [-0.39, 0.29) is 18.3 Å². The molecule has 0 aliphatic carbocycles. The number of carbonyl (C=O) groups excluding carboxylic acids is 1. The number of nitrogens with zero attached hydrogens (tertiary/aromatic N) is 5. The van der Waals surface area contributed by atoms with Crippen LogP contribution in [0.3, 0.4) is 0 Å². The molecule has 1 aliphatic rings. The molecule has 3 aromatic rings. The first-order valence-electron chi connectivity index (χ1n) is 10.0. The summed E-state index contributed by atoms with van der Waals surface area (Å²) >= 11 is 7.56. The summed E-state index contributed by atoms with van der Waals surface area (Å²) in [6.45, 7) is 3.06. The molecule has 0 bridgehead atoms. The van der Waals surface area contributed by atoms with Gasteiger partial charge in [-0.1, -0.05) is 35.9 Å². The number of amides is 1. The SMILES string of the molecule is CN(CC(=O)N1CCN(c2ccccc2Cl)CC1)c1nc(Cc2ccc(F)cc2)ns1. The topological polar surface area (TPSA) is 52.6 Å². The van der Waals surface area contributed by atoms with E-state index in [1.807, 2.05) is 41.1 Å². The van der Waals surface area contributed by atoms with Crippen molar-refractivity contribution in [3.8, 4) is 0 Å². The van der Waals surface area contributed by atoms with Gasteiger partial charge in [-0.3, -0.25) is 4.79 Å². The number of benzene rings is 2. The van der Waals surface area contributed by atoms with Gasteiger partial charge in [0.05, 0.1) is 17.3 Å². The van der Waals surface area contributed by atoms with Gasteiger partial charge < -0.3 is 14.7 Å². The highest BCUT2D eigenvalue weighted by Crippen LogP contribution is 2.26. The molecule has 0 unspecified atom stereocenters. The summed E-state index contributed by atoms with van der Waals surface area (Å²) in [4.78, 5) is 23.2. The lowest BCUT2D eigenvalue weighted by atomic mass is 10.1. The van der Waals surface area contributed by atoms with Crippen LogP contribution in [0.1, 0.15) is 11.4 Å². The summed E-state index contributed by atoms with van der Waals surface area (Å²) in [5.74, 6) is 0.470. The van der Waals surface area contributed by atoms with E-state index in [0.717, 1.165) is 29.4 Å². The van der Waals surface area contributed by atoms with Crippen LogP contribution in [0.5, 0.6) is 0 Å². The van der Waals surface area contributed by atoms with E-state index < -0.39 is 0 Å². The minimum absolute atomic E-state index is 0.0663. The summed E-state index contributed by atoms with van der Waals surface area (Å²) in [7, 11) is 1.85. The number of carbonyl (C=O) groups is 1. The molecule has 6 nitrogen and oxygen atoms in total. The van der Waals surface area contributed by atoms with Gasteiger partial charge in [0.2, 0.25) is 11.0 Å². The van der Waals surface area contributed by atoms with Crippen LogP contribution in [0.4, 0.5) is 15.2 Å². The summed E-state index contributed by atoms with van der Waals surface area (Å²) in [5.41, 5.74) is 1.96. The zero-order valence-electron chi connectivity index (χ0n) is 17.2. The van der Waals surface area contributed by atoms with Crippen molar-refractivity contribution < 1.29 is 9.18 Å². The minimum atomic E-state index is -0.262. The minimum Gasteiger partial charge on any atom is -0.367 e. The molecule has 2 heterocycles. The van der Waals surface area contributed by atoms with E-state index in [4.69, 9.17) is 11.6 Å². The number of hydrogen-bond acceptors (Lipinski definition) is 6. The van der Waals surface area contributed by atoms with Crippen LogP contribution < -0.4 is 9.80 Å². The Morgan fingerprint density at radius 2 is 1.84 bits per heavy atom. The van der Waals surface area contributed by atoms with Gasteiger partial charge in [0.25, 0.3) is 0 Å². The van der Waals surface area contributed by atoms with Crippen molar-refractivity contribution in [1.29, 1.82) is 0 Å². The maximum Gasteiger partial charge on any atom is 0.242 e. The van der Waals surface area contributed by atoms with Crippen molar-refractivity contribution in [2.75, 3.05) is 49.6 Å². The molecule has 1 amide bonds. The van der Waals surface area contributed by atoms with E-state index in [9.17, 15) is 9.18 Å². The van der Waals surface area contributed by atoms with Gasteiger partial charge in [0.15, 0.2) is 0 Å². The van der Waals surface area contributed by atoms with Crippen LogP contribution in [-0.4, -0.2) is 59.9 Å². The molecule has 4 rings (SSSR count). The number of rotatable bonds is 6. The average Bonchev–Trinajstić information content (AvgIpc) is 3.24. The van der Waals surface area contributed by atoms with Gasteiger partial charge >= 0.3 is 0 Å². The van der Waals surface area contributed by atoms with Gasteiger partial charge in [0.1, 0.15) is 11.6 Å². The number of anilines is 2. The lowest BCUT2D eigenvalue weighted by molar-refractivity contribution is -0.129. The fraction of sp³-hybridized carbons (Fsp3) is 0.318. The Hall–Kier alpha value is -2.71. The van der Waals surface area contributed by atoms with Gasteiger partial charge in [-0.2, -0.15) is 4.37 Å². The number of aromatic nitrogens is 2. The fourth-order valence-electron chi connectivity index (χ4n) is 3.53. The summed E-state index contributed by atoms with van der Waals surface area (Å²) in [5, 5.41) is 1.43. The van der Waals surface area contributed by atoms with E-state index >= 15 is 0 Å². The second kappa shape index (κ2) is 9.62. The third-order valence-electron chi connectivity index (χ3n) is 5.26. The molecule has 0 radical (unpaired) electrons. The number of hydrogen-bond donors (Lipinski definition) is 0. The van der Waals surface area contributed by atoms with Crippen LogP contribution in [0.2, 0.25) is 5.02 Å². The monoisotopic (exact) mass is 459 g/mol. The van der Waals surface area contributed by atoms with Crippen LogP contribution in [0.25, 0.3) is 0 Å². The van der Waals surface area contributed by atoms with Crippen molar-refractivity contribution in [2.45, 2.75) is 6.42 Å². The molecule has 1 aliphatic heterocycles. The summed E-state index contributed by atoms with van der Waals surface area (Å²) < 4.78 is 17.4. The molecule has 1 aromatic heterocycles. The largest absolute Gasteiger partial charge is 0.367 e. The first kappa shape index (κ1) is 21.5. The number of halogens is 2. The molecular formula is C22H23ClFN5OS. The zero-order valence-corrected chi connectivity index (χ0v) is 18.7. The Morgan fingerprint density at radius 3 is 2.55 bits per heavy atom. The Morgan fingerprint density at radius 1 is 1.13 bits per heavy atom. The Bertz CT molecular complexity index is 1040. The van der Waals surface area contributed by atoms with Gasteiger partial charge in [-0.15, -0.1) is 0 Å². The van der Waals surface area contributed by atoms with E-state index in [2.05, 4.69) is 14.3 Å². The number of likely N-dealkylation sites (N-methyl/N-ethyl adjacent to an activating group) is 1. The summed E-state index contributed by atoms with van der Waals surface area (Å²) in [6, 6.07) is 14.1. The highest BCUT2D eigenvalue weighted by atomic mass is 35.5. The number of para-hydroxylation sites is 1. The standard InChI is InChI=1S/C22H23ClFN5OS/c1-27(22-25-20(26-31-22)14-16-6-8-17(24)9-7-16)15-21(30)29-12-10-28(11-13-29)19-5-3-2-4-18(19)23/h2-9H,10-15H2,1H3. The zero-order chi connectivity index (χ0) is 21.8. The van der Waals surface area contributed by atoms with Gasteiger partial charge in [0, 0.05) is 51.2 Å². The average molecular weight is 460 g/mol. The molecule has 0 spiro atoms. The predicted octanol–water partition coefficient (Wildman–Crippen LogP) is 3.71. The fourth-order valence-corrected chi connectivity index (χ4v) is 4.43. The van der Waals surface area contributed by atoms with Crippen molar-refractivity contribution in [3.05, 3.63) is 70.8 Å². The van der Waals surface area contributed by atoms with Crippen molar-refractivity contribution >= 4 is 39.9 Å². The van der Waals surface area contributed by atoms with Crippen LogP contribution in [-0.2, 0) is 11.2 Å². The molecule has 162 valence electrons. The Balaban J connectivity index is 1.29. The lowest BCUT2D eigenvalue weighted by Gasteiger charge is -2.37. The molecule has 0 atom stereocenters. The molecule has 2 aromatic carbocycles. The van der Waals surface area contributed by atoms with Crippen molar-refractivity contribution in [3.63, 3.8) is 0 Å². The maximum absolute atomic E-state index is 13.1. The van der Waals surface area contributed by atoms with Crippen LogP contribution in [0, 0.1) is 5.82 Å².